The number of nitrogens with one attached hydrogen (secondary N) is 1. The van der Waals surface area contributed by atoms with Gasteiger partial charge in [0.15, 0.2) is 0 Å². The molecule has 0 bridgehead atoms. The van der Waals surface area contributed by atoms with Crippen molar-refractivity contribution in [2.45, 2.75) is 18.4 Å². The fourth-order valence-corrected chi connectivity index (χ4v) is 1.02. The molecule has 4 N–H and O–H groups in total. The van der Waals surface area contributed by atoms with Crippen LogP contribution in [-0.4, -0.2) is 24.4 Å². The van der Waals surface area contributed by atoms with Crippen LogP contribution in [0.15, 0.2) is 0 Å². The Morgan fingerprint density at radius 3 is 2.27 bits per heavy atom. The van der Waals surface area contributed by atoms with Crippen LogP contribution in [0.25, 0.3) is 0 Å². The van der Waals surface area contributed by atoms with Crippen LogP contribution in [0.4, 0.5) is 0 Å². The molecular formula is C4H8N2O4S. The number of hydrogen-bond acceptors (Lipinski definition) is 4. The van der Waals surface area contributed by atoms with E-state index in [1.165, 1.54) is 4.72 Å². The Hall–Kier alpha value is -0.660. The number of rotatable bonds is 2. The monoisotopic (exact) mass is 180 g/mol. The fourth-order valence-electron chi connectivity index (χ4n) is 0.581. The molecule has 1 aliphatic rings. The van der Waals surface area contributed by atoms with Crippen molar-refractivity contribution in [3.8, 4) is 0 Å². The molecule has 11 heavy (non-hydrogen) atoms. The first-order valence-electron chi connectivity index (χ1n) is 2.92. The molecule has 0 saturated heterocycles. The maximum atomic E-state index is 10.8. The zero-order chi connectivity index (χ0) is 8.70. The van der Waals surface area contributed by atoms with E-state index in [1.807, 2.05) is 0 Å². The zero-order valence-corrected chi connectivity index (χ0v) is 6.39. The molecule has 7 heteroatoms. The van der Waals surface area contributed by atoms with Crippen LogP contribution < -0.4 is 10.5 Å². The van der Waals surface area contributed by atoms with E-state index in [0.29, 0.717) is 12.8 Å². The van der Waals surface area contributed by atoms with Crippen LogP contribution in [0.2, 0.25) is 0 Å². The van der Waals surface area contributed by atoms with Gasteiger partial charge in [0.1, 0.15) is 0 Å². The van der Waals surface area contributed by atoms with Crippen molar-refractivity contribution < 1.29 is 17.8 Å². The van der Waals surface area contributed by atoms with E-state index in [2.05, 4.69) is 0 Å². The molecule has 0 radical (unpaired) electrons. The number of nitrogens with two attached hydrogens (primary N) is 1. The molecule has 1 amide bonds. The summed E-state index contributed by atoms with van der Waals surface area (Å²) in [6, 6.07) is 0. The van der Waals surface area contributed by atoms with Gasteiger partial charge in [0.25, 0.3) is 5.91 Å². The molecule has 0 aromatic carbocycles. The summed E-state index contributed by atoms with van der Waals surface area (Å²) in [5.41, 5.74) is 4.24. The highest BCUT2D eigenvalue weighted by Gasteiger charge is 2.47. The molecule has 0 spiro atoms. The molecule has 0 aromatic rings. The molecular weight excluding hydrogens is 172 g/mol. The minimum atomic E-state index is -4.45. The molecule has 6 nitrogen and oxygen atoms in total. The molecule has 0 aromatic heterocycles. The highest BCUT2D eigenvalue weighted by atomic mass is 32.2. The van der Waals surface area contributed by atoms with Gasteiger partial charge >= 0.3 is 10.3 Å². The minimum absolute atomic E-state index is 0.453. The summed E-state index contributed by atoms with van der Waals surface area (Å²) in [5, 5.41) is 0. The van der Waals surface area contributed by atoms with Crippen molar-refractivity contribution in [3.05, 3.63) is 0 Å². The van der Waals surface area contributed by atoms with E-state index < -0.39 is 21.8 Å². The van der Waals surface area contributed by atoms with Crippen LogP contribution in [-0.2, 0) is 15.1 Å². The van der Waals surface area contributed by atoms with Gasteiger partial charge in [-0.2, -0.15) is 8.42 Å². The number of carbonyl (C=O) groups excluding carboxylic acids is 1. The summed E-state index contributed by atoms with van der Waals surface area (Å²) in [5.74, 6) is -0.847. The number of hydrogen-bond donors (Lipinski definition) is 3. The zero-order valence-electron chi connectivity index (χ0n) is 5.57. The molecule has 1 fully saturated rings. The normalized spacial score (nSPS) is 20.9. The standard InChI is InChI=1S/C4H8N2O4S/c5-4(1-2-4)3(7)6-11(8,9)10/h1-2,5H2,(H,6,7)(H,8,9,10). The van der Waals surface area contributed by atoms with Gasteiger partial charge in [0.05, 0.1) is 5.54 Å². The summed E-state index contributed by atoms with van der Waals surface area (Å²) in [4.78, 5) is 10.8. The molecule has 0 atom stereocenters. The smallest absolute Gasteiger partial charge is 0.317 e. The summed E-state index contributed by atoms with van der Waals surface area (Å²) in [6.07, 6.45) is 0.905. The quantitative estimate of drug-likeness (QED) is 0.443. The van der Waals surface area contributed by atoms with Gasteiger partial charge in [-0.05, 0) is 12.8 Å². The highest BCUT2D eigenvalue weighted by Crippen LogP contribution is 2.32. The van der Waals surface area contributed by atoms with E-state index >= 15 is 0 Å². The van der Waals surface area contributed by atoms with Crippen molar-refractivity contribution in [2.75, 3.05) is 0 Å². The van der Waals surface area contributed by atoms with Crippen molar-refractivity contribution in [2.24, 2.45) is 5.73 Å². The topological polar surface area (TPSA) is 109 Å². The van der Waals surface area contributed by atoms with E-state index in [0.717, 1.165) is 0 Å². The molecule has 1 aliphatic carbocycles. The molecule has 0 aliphatic heterocycles. The van der Waals surface area contributed by atoms with Crippen LogP contribution in [0.1, 0.15) is 12.8 Å². The van der Waals surface area contributed by atoms with E-state index in [4.69, 9.17) is 10.3 Å². The summed E-state index contributed by atoms with van der Waals surface area (Å²) in [6.45, 7) is 0. The number of amides is 1. The first kappa shape index (κ1) is 8.44. The summed E-state index contributed by atoms with van der Waals surface area (Å²) in [7, 11) is -4.45. The Morgan fingerprint density at radius 2 is 2.00 bits per heavy atom. The van der Waals surface area contributed by atoms with Crippen molar-refractivity contribution >= 4 is 16.2 Å². The van der Waals surface area contributed by atoms with Gasteiger partial charge in [-0.25, -0.2) is 4.72 Å². The lowest BCUT2D eigenvalue weighted by molar-refractivity contribution is -0.121. The van der Waals surface area contributed by atoms with Crippen molar-refractivity contribution in [1.82, 2.24) is 4.72 Å². The maximum absolute atomic E-state index is 10.8. The van der Waals surface area contributed by atoms with E-state index in [1.54, 1.807) is 0 Å². The Kier molecular flexibility index (Phi) is 1.66. The second-order valence-corrected chi connectivity index (χ2v) is 3.72. The average Bonchev–Trinajstić information content (AvgIpc) is 2.44. The van der Waals surface area contributed by atoms with E-state index in [9.17, 15) is 13.2 Å². The van der Waals surface area contributed by atoms with Crippen LogP contribution in [0.5, 0.6) is 0 Å². The van der Waals surface area contributed by atoms with Crippen molar-refractivity contribution in [1.29, 1.82) is 0 Å². The average molecular weight is 180 g/mol. The predicted molar refractivity (Wildman–Crippen MR) is 35.8 cm³/mol. The summed E-state index contributed by atoms with van der Waals surface area (Å²) >= 11 is 0. The summed E-state index contributed by atoms with van der Waals surface area (Å²) < 4.78 is 29.7. The number of carbonyl (C=O) groups is 1. The predicted octanol–water partition coefficient (Wildman–Crippen LogP) is -1.60. The van der Waals surface area contributed by atoms with Gasteiger partial charge in [0.2, 0.25) is 0 Å². The van der Waals surface area contributed by atoms with E-state index in [-0.39, 0.29) is 0 Å². The van der Waals surface area contributed by atoms with Gasteiger partial charge in [-0.15, -0.1) is 0 Å². The molecule has 64 valence electrons. The van der Waals surface area contributed by atoms with Gasteiger partial charge in [0, 0.05) is 0 Å². The molecule has 0 unspecified atom stereocenters. The second kappa shape index (κ2) is 2.16. The maximum Gasteiger partial charge on any atom is 0.359 e. The largest absolute Gasteiger partial charge is 0.359 e. The lowest BCUT2D eigenvalue weighted by Crippen LogP contribution is -2.44. The Bertz CT molecular complexity index is 278. The lowest BCUT2D eigenvalue weighted by Gasteiger charge is -2.05. The van der Waals surface area contributed by atoms with Crippen LogP contribution >= 0.6 is 0 Å². The van der Waals surface area contributed by atoms with Gasteiger partial charge < -0.3 is 5.73 Å². The van der Waals surface area contributed by atoms with Gasteiger partial charge in [-0.3, -0.25) is 9.35 Å². The van der Waals surface area contributed by atoms with Crippen LogP contribution in [0, 0.1) is 0 Å². The Labute approximate surface area is 63.6 Å². The first-order valence-corrected chi connectivity index (χ1v) is 4.36. The van der Waals surface area contributed by atoms with Crippen LogP contribution in [0.3, 0.4) is 0 Å². The van der Waals surface area contributed by atoms with Gasteiger partial charge in [-0.1, -0.05) is 0 Å². The lowest BCUT2D eigenvalue weighted by atomic mass is 10.3. The molecule has 0 heterocycles. The third-order valence-electron chi connectivity index (χ3n) is 1.46. The Balaban J connectivity index is 2.59. The molecule has 1 saturated carbocycles. The second-order valence-electron chi connectivity index (χ2n) is 2.56. The van der Waals surface area contributed by atoms with Crippen molar-refractivity contribution in [3.63, 3.8) is 0 Å². The molecule has 1 rings (SSSR count). The SMILES string of the molecule is NC1(C(=O)NS(=O)(=O)O)CC1. The Morgan fingerprint density at radius 1 is 1.55 bits per heavy atom. The first-order chi connectivity index (χ1) is 4.83. The fraction of sp³-hybridized carbons (Fsp3) is 0.750. The third-order valence-corrected chi connectivity index (χ3v) is 1.91. The highest BCUT2D eigenvalue weighted by molar-refractivity contribution is 7.84. The minimum Gasteiger partial charge on any atom is -0.317 e. The third kappa shape index (κ3) is 2.14.